The molecule has 0 aliphatic carbocycles. The number of nitrogens with zero attached hydrogens (tertiary/aromatic N) is 2. The molecule has 8 heteroatoms. The first kappa shape index (κ1) is 16.3. The van der Waals surface area contributed by atoms with Crippen molar-refractivity contribution in [1.82, 2.24) is 15.6 Å². The third kappa shape index (κ3) is 7.66. The van der Waals surface area contributed by atoms with Crippen molar-refractivity contribution >= 4 is 23.1 Å². The number of nitro groups is 1. The minimum atomic E-state index is -0.489. The molecule has 2 N–H and O–H groups in total. The van der Waals surface area contributed by atoms with E-state index in [0.29, 0.717) is 18.9 Å². The van der Waals surface area contributed by atoms with Crippen LogP contribution in [0.4, 0.5) is 0 Å². The third-order valence-corrected chi connectivity index (χ3v) is 3.98. The Kier molecular flexibility index (Phi) is 8.26. The third-order valence-electron chi connectivity index (χ3n) is 2.05. The Morgan fingerprint density at radius 1 is 1.65 bits per heavy atom. The van der Waals surface area contributed by atoms with Gasteiger partial charge in [-0.05, 0) is 6.92 Å². The topological polar surface area (TPSA) is 80.1 Å². The smallest absolute Gasteiger partial charge is 0.274 e. The van der Waals surface area contributed by atoms with E-state index in [-0.39, 0.29) is 0 Å². The molecule has 0 bridgehead atoms. The zero-order chi connectivity index (χ0) is 14.6. The molecule has 0 amide bonds. The van der Waals surface area contributed by atoms with E-state index in [4.69, 9.17) is 0 Å². The quantitative estimate of drug-likeness (QED) is 0.312. The van der Waals surface area contributed by atoms with Crippen molar-refractivity contribution < 1.29 is 4.92 Å². The standard InChI is InChI=1S/C12H16N4O2S2/c1-2-3-4-13-11(9-16(17)18)14-5-7-19-10-12-15-6-8-20-12/h6,8-9,13-14H,4-5,7,10H2,1H3/b11-9-. The van der Waals surface area contributed by atoms with Crippen molar-refractivity contribution in [2.24, 2.45) is 0 Å². The van der Waals surface area contributed by atoms with Crippen molar-refractivity contribution in [3.05, 3.63) is 38.7 Å². The summed E-state index contributed by atoms with van der Waals surface area (Å²) in [6.07, 6.45) is 2.71. The van der Waals surface area contributed by atoms with Crippen LogP contribution in [-0.4, -0.2) is 28.7 Å². The van der Waals surface area contributed by atoms with Gasteiger partial charge in [-0.25, -0.2) is 4.98 Å². The molecule has 0 saturated heterocycles. The monoisotopic (exact) mass is 312 g/mol. The lowest BCUT2D eigenvalue weighted by Crippen LogP contribution is -2.29. The van der Waals surface area contributed by atoms with Gasteiger partial charge in [-0.1, -0.05) is 5.92 Å². The maximum atomic E-state index is 10.5. The molecular weight excluding hydrogens is 296 g/mol. The van der Waals surface area contributed by atoms with Crippen molar-refractivity contribution in [2.75, 3.05) is 18.8 Å². The molecule has 0 aliphatic heterocycles. The van der Waals surface area contributed by atoms with Gasteiger partial charge in [-0.15, -0.1) is 17.3 Å². The Morgan fingerprint density at radius 2 is 2.50 bits per heavy atom. The molecule has 0 atom stereocenters. The van der Waals surface area contributed by atoms with Gasteiger partial charge in [0.1, 0.15) is 5.01 Å². The summed E-state index contributed by atoms with van der Waals surface area (Å²) >= 11 is 3.36. The van der Waals surface area contributed by atoms with Gasteiger partial charge in [0.25, 0.3) is 6.20 Å². The highest BCUT2D eigenvalue weighted by molar-refractivity contribution is 7.98. The highest BCUT2D eigenvalue weighted by atomic mass is 32.2. The number of nitrogens with one attached hydrogen (secondary N) is 2. The van der Waals surface area contributed by atoms with E-state index in [1.165, 1.54) is 0 Å². The lowest BCUT2D eigenvalue weighted by Gasteiger charge is -2.08. The van der Waals surface area contributed by atoms with Gasteiger partial charge in [-0.2, -0.15) is 11.8 Å². The Morgan fingerprint density at radius 3 is 3.15 bits per heavy atom. The predicted octanol–water partition coefficient (Wildman–Crippen LogP) is 1.65. The van der Waals surface area contributed by atoms with E-state index in [1.54, 1.807) is 36.2 Å². The largest absolute Gasteiger partial charge is 0.366 e. The first-order chi connectivity index (χ1) is 9.72. The molecule has 0 aromatic carbocycles. The Labute approximate surface area is 126 Å². The maximum absolute atomic E-state index is 10.5. The highest BCUT2D eigenvalue weighted by Gasteiger charge is 2.01. The van der Waals surface area contributed by atoms with Crippen LogP contribution in [0.1, 0.15) is 11.9 Å². The zero-order valence-corrected chi connectivity index (χ0v) is 12.7. The summed E-state index contributed by atoms with van der Waals surface area (Å²) in [6, 6.07) is 0. The minimum absolute atomic E-state index is 0.382. The second-order valence-electron chi connectivity index (χ2n) is 3.51. The van der Waals surface area contributed by atoms with Gasteiger partial charge >= 0.3 is 0 Å². The van der Waals surface area contributed by atoms with Crippen LogP contribution < -0.4 is 10.6 Å². The molecule has 20 heavy (non-hydrogen) atoms. The Bertz CT molecular complexity index is 491. The molecule has 1 aromatic heterocycles. The van der Waals surface area contributed by atoms with Crippen molar-refractivity contribution in [3.8, 4) is 11.8 Å². The van der Waals surface area contributed by atoms with E-state index in [1.807, 2.05) is 5.38 Å². The molecule has 108 valence electrons. The fourth-order valence-electron chi connectivity index (χ4n) is 1.23. The van der Waals surface area contributed by atoms with Gasteiger partial charge < -0.3 is 10.6 Å². The van der Waals surface area contributed by atoms with Crippen LogP contribution in [0.3, 0.4) is 0 Å². The van der Waals surface area contributed by atoms with Crippen LogP contribution in [0.5, 0.6) is 0 Å². The van der Waals surface area contributed by atoms with E-state index < -0.39 is 4.92 Å². The lowest BCUT2D eigenvalue weighted by molar-refractivity contribution is -0.404. The number of rotatable bonds is 9. The summed E-state index contributed by atoms with van der Waals surface area (Å²) in [5.74, 6) is 7.61. The molecule has 0 spiro atoms. The zero-order valence-electron chi connectivity index (χ0n) is 11.1. The predicted molar refractivity (Wildman–Crippen MR) is 82.8 cm³/mol. The molecule has 1 heterocycles. The van der Waals surface area contributed by atoms with Crippen LogP contribution >= 0.6 is 23.1 Å². The second-order valence-corrected chi connectivity index (χ2v) is 5.60. The number of hydrogen-bond acceptors (Lipinski definition) is 7. The molecule has 0 saturated carbocycles. The van der Waals surface area contributed by atoms with Crippen molar-refractivity contribution in [1.29, 1.82) is 0 Å². The van der Waals surface area contributed by atoms with Crippen LogP contribution in [0.2, 0.25) is 0 Å². The van der Waals surface area contributed by atoms with Crippen molar-refractivity contribution in [3.63, 3.8) is 0 Å². The normalized spacial score (nSPS) is 10.6. The fraction of sp³-hybridized carbons (Fsp3) is 0.417. The van der Waals surface area contributed by atoms with Gasteiger partial charge in [0.05, 0.1) is 11.5 Å². The molecule has 1 rings (SSSR count). The molecule has 0 unspecified atom stereocenters. The Hall–Kier alpha value is -1.72. The minimum Gasteiger partial charge on any atom is -0.366 e. The summed E-state index contributed by atoms with van der Waals surface area (Å²) in [6.45, 7) is 2.75. The summed E-state index contributed by atoms with van der Waals surface area (Å²) in [4.78, 5) is 14.2. The second kappa shape index (κ2) is 10.1. The number of hydrogen-bond donors (Lipinski definition) is 2. The molecule has 0 fully saturated rings. The van der Waals surface area contributed by atoms with Crippen LogP contribution in [0, 0.1) is 22.0 Å². The molecular formula is C12H16N4O2S2. The van der Waals surface area contributed by atoms with Gasteiger partial charge in [0.2, 0.25) is 0 Å². The first-order valence-corrected chi connectivity index (χ1v) is 7.94. The van der Waals surface area contributed by atoms with E-state index in [2.05, 4.69) is 27.5 Å². The van der Waals surface area contributed by atoms with Crippen LogP contribution in [-0.2, 0) is 5.75 Å². The van der Waals surface area contributed by atoms with Crippen LogP contribution in [0.15, 0.2) is 23.6 Å². The Balaban J connectivity index is 2.23. The maximum Gasteiger partial charge on any atom is 0.274 e. The van der Waals surface area contributed by atoms with Gasteiger partial charge in [0.15, 0.2) is 5.82 Å². The molecule has 6 nitrogen and oxygen atoms in total. The van der Waals surface area contributed by atoms with Gasteiger partial charge in [-0.3, -0.25) is 10.1 Å². The number of thiazole rings is 1. The molecule has 0 radical (unpaired) electrons. The number of thioether (sulfide) groups is 1. The van der Waals surface area contributed by atoms with E-state index in [9.17, 15) is 10.1 Å². The average Bonchev–Trinajstić information content (AvgIpc) is 2.91. The summed E-state index contributed by atoms with van der Waals surface area (Å²) in [5, 5.41) is 19.4. The highest BCUT2D eigenvalue weighted by Crippen LogP contribution is 2.13. The van der Waals surface area contributed by atoms with E-state index >= 15 is 0 Å². The molecule has 1 aromatic rings. The van der Waals surface area contributed by atoms with Crippen LogP contribution in [0.25, 0.3) is 0 Å². The summed E-state index contributed by atoms with van der Waals surface area (Å²) in [5.41, 5.74) is 0. The molecule has 0 aliphatic rings. The first-order valence-electron chi connectivity index (χ1n) is 5.91. The van der Waals surface area contributed by atoms with E-state index in [0.717, 1.165) is 22.7 Å². The fourth-order valence-corrected chi connectivity index (χ4v) is 2.79. The average molecular weight is 312 g/mol. The summed E-state index contributed by atoms with van der Waals surface area (Å²) < 4.78 is 0. The van der Waals surface area contributed by atoms with Crippen molar-refractivity contribution in [2.45, 2.75) is 12.7 Å². The SMILES string of the molecule is CC#CCN/C(=C/[N+](=O)[O-])NCCSCc1nccs1. The van der Waals surface area contributed by atoms with Gasteiger partial charge in [0, 0.05) is 29.6 Å². The lowest BCUT2D eigenvalue weighted by atomic mass is 10.5. The number of aromatic nitrogens is 1. The summed E-state index contributed by atoms with van der Waals surface area (Å²) in [7, 11) is 0.